The van der Waals surface area contributed by atoms with Gasteiger partial charge in [-0.25, -0.2) is 4.85 Å². The van der Waals surface area contributed by atoms with Gasteiger partial charge in [0.25, 0.3) is 0 Å². The number of aromatic nitrogens is 1. The van der Waals surface area contributed by atoms with Crippen LogP contribution in [0.5, 0.6) is 0 Å². The minimum absolute atomic E-state index is 0.0980. The van der Waals surface area contributed by atoms with Gasteiger partial charge < -0.3 is 4.57 Å². The lowest BCUT2D eigenvalue weighted by atomic mass is 9.80. The SMILES string of the molecule is [C-]#[N+]c1cccc(C2c3ccccc3-c3cc(-c4ccc(C)cc4C)ccc32)c1-c1c(-c2c(C)cccc2C(F)(F)F)cccc1-n1c2ccccc2c2cc(-c3ccc(C)cc3C)ccc21. The Balaban J connectivity index is 1.24. The Morgan fingerprint density at radius 1 is 0.448 bits per heavy atom. The highest BCUT2D eigenvalue weighted by molar-refractivity contribution is 6.12. The van der Waals surface area contributed by atoms with Crippen molar-refractivity contribution in [3.63, 3.8) is 0 Å². The Hall–Kier alpha value is -7.94. The van der Waals surface area contributed by atoms with Crippen LogP contribution in [0.2, 0.25) is 0 Å². The molecule has 0 radical (unpaired) electrons. The number of benzene rings is 9. The number of rotatable bonds is 6. The van der Waals surface area contributed by atoms with Crippen molar-refractivity contribution in [1.29, 1.82) is 0 Å². The molecule has 1 atom stereocenters. The molecule has 10 aromatic rings. The number of fused-ring (bicyclic) bond motifs is 6. The van der Waals surface area contributed by atoms with E-state index in [0.29, 0.717) is 33.6 Å². The van der Waals surface area contributed by atoms with Crippen LogP contribution in [0.25, 0.3) is 88.0 Å². The number of aryl methyl sites for hydroxylation is 5. The minimum atomic E-state index is -4.65. The third kappa shape index (κ3) is 6.78. The zero-order chi connectivity index (χ0) is 46.3. The molecule has 11 rings (SSSR count). The van der Waals surface area contributed by atoms with Crippen LogP contribution in [0.1, 0.15) is 56.0 Å². The van der Waals surface area contributed by atoms with Gasteiger partial charge in [-0.05, 0) is 154 Å². The molecule has 324 valence electrons. The third-order valence-electron chi connectivity index (χ3n) is 13.9. The molecule has 67 heavy (non-hydrogen) atoms. The van der Waals surface area contributed by atoms with Gasteiger partial charge in [-0.15, -0.1) is 0 Å². The molecule has 5 heteroatoms. The summed E-state index contributed by atoms with van der Waals surface area (Å²) in [6.45, 7) is 19.0. The van der Waals surface area contributed by atoms with Crippen molar-refractivity contribution in [2.75, 3.05) is 0 Å². The molecule has 0 N–H and O–H groups in total. The van der Waals surface area contributed by atoms with E-state index in [2.05, 4.69) is 146 Å². The van der Waals surface area contributed by atoms with Gasteiger partial charge in [-0.3, -0.25) is 0 Å². The van der Waals surface area contributed by atoms with Gasteiger partial charge in [-0.1, -0.05) is 151 Å². The van der Waals surface area contributed by atoms with Gasteiger partial charge in [0.05, 0.1) is 28.9 Å². The Bertz CT molecular complexity index is 3710. The van der Waals surface area contributed by atoms with Crippen LogP contribution < -0.4 is 0 Å². The van der Waals surface area contributed by atoms with Crippen LogP contribution in [-0.2, 0) is 6.18 Å². The summed E-state index contributed by atoms with van der Waals surface area (Å²) < 4.78 is 48.4. The molecule has 1 unspecified atom stereocenters. The van der Waals surface area contributed by atoms with Crippen molar-refractivity contribution >= 4 is 27.5 Å². The number of alkyl halides is 3. The molecule has 2 nitrogen and oxygen atoms in total. The van der Waals surface area contributed by atoms with Crippen molar-refractivity contribution in [3.05, 3.63) is 237 Å². The molecular formula is C62H45F3N2. The Kier molecular flexibility index (Phi) is 9.90. The molecule has 1 aromatic heterocycles. The lowest BCUT2D eigenvalue weighted by Gasteiger charge is -2.26. The molecule has 9 aromatic carbocycles. The highest BCUT2D eigenvalue weighted by atomic mass is 19.4. The average Bonchev–Trinajstić information content (AvgIpc) is 3.83. The molecule has 1 aliphatic rings. The quantitative estimate of drug-likeness (QED) is 0.147. The summed E-state index contributed by atoms with van der Waals surface area (Å²) >= 11 is 0. The number of halogens is 3. The molecule has 1 aliphatic carbocycles. The third-order valence-corrected chi connectivity index (χ3v) is 13.9. The predicted molar refractivity (Wildman–Crippen MR) is 270 cm³/mol. The van der Waals surface area contributed by atoms with Crippen molar-refractivity contribution in [2.24, 2.45) is 0 Å². The zero-order valence-electron chi connectivity index (χ0n) is 37.8. The highest BCUT2D eigenvalue weighted by Gasteiger charge is 2.37. The first-order valence-corrected chi connectivity index (χ1v) is 22.6. The Morgan fingerprint density at radius 3 is 1.79 bits per heavy atom. The van der Waals surface area contributed by atoms with E-state index in [-0.39, 0.29) is 11.5 Å². The van der Waals surface area contributed by atoms with Gasteiger partial charge in [-0.2, -0.15) is 13.2 Å². The smallest absolute Gasteiger partial charge is 0.309 e. The van der Waals surface area contributed by atoms with E-state index in [1.165, 1.54) is 34.4 Å². The van der Waals surface area contributed by atoms with Gasteiger partial charge in [0.1, 0.15) is 0 Å². The summed E-state index contributed by atoms with van der Waals surface area (Å²) in [4.78, 5) is 4.22. The maximum absolute atomic E-state index is 15.4. The van der Waals surface area contributed by atoms with Gasteiger partial charge >= 0.3 is 6.18 Å². The second kappa shape index (κ2) is 15.9. The molecule has 0 fully saturated rings. The van der Waals surface area contributed by atoms with Crippen molar-refractivity contribution in [3.8, 4) is 61.3 Å². The highest BCUT2D eigenvalue weighted by Crippen LogP contribution is 2.55. The molecule has 0 saturated carbocycles. The van der Waals surface area contributed by atoms with Crippen LogP contribution >= 0.6 is 0 Å². The monoisotopic (exact) mass is 874 g/mol. The fourth-order valence-corrected chi connectivity index (χ4v) is 11.0. The number of hydrogen-bond acceptors (Lipinski definition) is 0. The van der Waals surface area contributed by atoms with Gasteiger partial charge in [0.2, 0.25) is 0 Å². The van der Waals surface area contributed by atoms with Gasteiger partial charge in [0.15, 0.2) is 5.69 Å². The molecular weight excluding hydrogens is 830 g/mol. The first-order valence-electron chi connectivity index (χ1n) is 22.6. The lowest BCUT2D eigenvalue weighted by molar-refractivity contribution is -0.137. The Morgan fingerprint density at radius 2 is 1.06 bits per heavy atom. The molecule has 0 bridgehead atoms. The maximum atomic E-state index is 15.4. The molecule has 0 saturated heterocycles. The maximum Gasteiger partial charge on any atom is 0.417 e. The van der Waals surface area contributed by atoms with E-state index in [0.717, 1.165) is 71.9 Å². The van der Waals surface area contributed by atoms with E-state index in [9.17, 15) is 0 Å². The predicted octanol–water partition coefficient (Wildman–Crippen LogP) is 17.7. The second-order valence-corrected chi connectivity index (χ2v) is 18.1. The lowest BCUT2D eigenvalue weighted by Crippen LogP contribution is -2.10. The first kappa shape index (κ1) is 41.7. The van der Waals surface area contributed by atoms with Gasteiger partial charge in [0, 0.05) is 22.3 Å². The van der Waals surface area contributed by atoms with Crippen LogP contribution in [-0.4, -0.2) is 4.57 Å². The zero-order valence-corrected chi connectivity index (χ0v) is 37.8. The van der Waals surface area contributed by atoms with Crippen molar-refractivity contribution < 1.29 is 13.2 Å². The van der Waals surface area contributed by atoms with E-state index in [1.807, 2.05) is 42.5 Å². The molecule has 0 aliphatic heterocycles. The average molecular weight is 875 g/mol. The second-order valence-electron chi connectivity index (χ2n) is 18.1. The normalized spacial score (nSPS) is 13.2. The van der Waals surface area contributed by atoms with Crippen molar-refractivity contribution in [2.45, 2.75) is 46.7 Å². The van der Waals surface area contributed by atoms with E-state index < -0.39 is 11.7 Å². The van der Waals surface area contributed by atoms with Crippen LogP contribution in [0.3, 0.4) is 0 Å². The topological polar surface area (TPSA) is 9.29 Å². The summed E-state index contributed by atoms with van der Waals surface area (Å²) in [5, 5.41) is 2.04. The largest absolute Gasteiger partial charge is 0.417 e. The summed E-state index contributed by atoms with van der Waals surface area (Å²) in [5.41, 5.74) is 18.8. The summed E-state index contributed by atoms with van der Waals surface area (Å²) in [5.74, 6) is -0.325. The van der Waals surface area contributed by atoms with Crippen LogP contribution in [0.15, 0.2) is 176 Å². The van der Waals surface area contributed by atoms with Crippen LogP contribution in [0.4, 0.5) is 18.9 Å². The fourth-order valence-electron chi connectivity index (χ4n) is 11.0. The standard InChI is InChI=1S/C62H45F3N2/c1-36-24-28-43(39(4)32-36)41-26-30-48-51(34-41)45-15-7-8-17-47(45)59(48)50-18-12-21-54(66-6)60(50)61-49(58-38(3)14-11-20-53(58)62(63,64)65)19-13-23-57(61)67-55-22-10-9-16-46(55)52-35-42(27-31-56(52)67)44-29-25-37(2)33-40(44)5/h7-35,59H,1-5H3. The molecule has 1 heterocycles. The van der Waals surface area contributed by atoms with Crippen molar-refractivity contribution in [1.82, 2.24) is 4.57 Å². The summed E-state index contributed by atoms with van der Waals surface area (Å²) in [6, 6.07) is 58.7. The minimum Gasteiger partial charge on any atom is -0.309 e. The molecule has 0 spiro atoms. The van der Waals surface area contributed by atoms with Crippen LogP contribution in [0, 0.1) is 41.2 Å². The first-order chi connectivity index (χ1) is 32.4. The number of para-hydroxylation sites is 1. The summed E-state index contributed by atoms with van der Waals surface area (Å²) in [7, 11) is 0. The number of hydrogen-bond donors (Lipinski definition) is 0. The molecule has 0 amide bonds. The fraction of sp³-hybridized carbons (Fsp3) is 0.113. The summed E-state index contributed by atoms with van der Waals surface area (Å²) in [6.07, 6.45) is -4.65. The van der Waals surface area contributed by atoms with E-state index in [4.69, 9.17) is 6.57 Å². The number of nitrogens with zero attached hydrogens (tertiary/aromatic N) is 2. The Labute approximate surface area is 389 Å². The van der Waals surface area contributed by atoms with E-state index in [1.54, 1.807) is 19.1 Å². The van der Waals surface area contributed by atoms with E-state index >= 15 is 13.2 Å².